The number of carbonyl (C=O) groups is 2. The van der Waals surface area contributed by atoms with Gasteiger partial charge in [0.1, 0.15) is 11.9 Å². The van der Waals surface area contributed by atoms with Crippen LogP contribution in [0.1, 0.15) is 25.5 Å². The number of hydrogen-bond donors (Lipinski definition) is 2. The Morgan fingerprint density at radius 2 is 2.00 bits per heavy atom. The molecule has 2 aromatic rings. The Labute approximate surface area is 170 Å². The van der Waals surface area contributed by atoms with Gasteiger partial charge in [0.25, 0.3) is 0 Å². The molecule has 1 saturated heterocycles. The van der Waals surface area contributed by atoms with Crippen molar-refractivity contribution in [2.24, 2.45) is 0 Å². The van der Waals surface area contributed by atoms with E-state index in [-0.39, 0.29) is 12.0 Å². The molecule has 1 aliphatic heterocycles. The molecule has 0 bridgehead atoms. The van der Waals surface area contributed by atoms with Crippen LogP contribution in [0.25, 0.3) is 10.9 Å². The highest BCUT2D eigenvalue weighted by Crippen LogP contribution is 2.25. The second kappa shape index (κ2) is 9.13. The molecule has 2 amide bonds. The van der Waals surface area contributed by atoms with E-state index in [1.165, 1.54) is 4.90 Å². The SMILES string of the molecule is CC(=O)N1CCC(Oc2ccc3n[nH]c(CN(C)CCN(C)C(=O)O)c3c2)CC1. The molecule has 0 aliphatic carbocycles. The summed E-state index contributed by atoms with van der Waals surface area (Å²) in [6.45, 7) is 4.75. The number of aromatic amines is 1. The Morgan fingerprint density at radius 1 is 1.28 bits per heavy atom. The predicted octanol–water partition coefficient (Wildman–Crippen LogP) is 1.99. The first-order valence-electron chi connectivity index (χ1n) is 9.85. The Bertz CT molecular complexity index is 860. The highest BCUT2D eigenvalue weighted by molar-refractivity contribution is 5.82. The summed E-state index contributed by atoms with van der Waals surface area (Å²) in [4.78, 5) is 27.6. The van der Waals surface area contributed by atoms with E-state index in [1.807, 2.05) is 30.1 Å². The van der Waals surface area contributed by atoms with Gasteiger partial charge in [0.2, 0.25) is 5.91 Å². The minimum absolute atomic E-state index is 0.104. The number of hydrogen-bond acceptors (Lipinski definition) is 5. The molecule has 9 nitrogen and oxygen atoms in total. The summed E-state index contributed by atoms with van der Waals surface area (Å²) in [5.74, 6) is 0.918. The number of nitrogens with zero attached hydrogens (tertiary/aromatic N) is 4. The Hall–Kier alpha value is -2.81. The lowest BCUT2D eigenvalue weighted by Gasteiger charge is -2.31. The molecule has 0 atom stereocenters. The first-order chi connectivity index (χ1) is 13.8. The van der Waals surface area contributed by atoms with Gasteiger partial charge in [-0.25, -0.2) is 4.79 Å². The van der Waals surface area contributed by atoms with Crippen LogP contribution >= 0.6 is 0 Å². The number of amides is 2. The molecule has 0 unspecified atom stereocenters. The fourth-order valence-corrected chi connectivity index (χ4v) is 3.48. The van der Waals surface area contributed by atoms with Gasteiger partial charge in [-0.1, -0.05) is 0 Å². The maximum atomic E-state index is 11.5. The quantitative estimate of drug-likeness (QED) is 0.733. The number of nitrogens with one attached hydrogen (secondary N) is 1. The van der Waals surface area contributed by atoms with E-state index in [0.29, 0.717) is 19.6 Å². The van der Waals surface area contributed by atoms with Crippen LogP contribution in [0.2, 0.25) is 0 Å². The number of piperidine rings is 1. The van der Waals surface area contributed by atoms with E-state index < -0.39 is 6.09 Å². The van der Waals surface area contributed by atoms with Crippen molar-refractivity contribution in [3.05, 3.63) is 23.9 Å². The van der Waals surface area contributed by atoms with Crippen LogP contribution < -0.4 is 4.74 Å². The third-order valence-corrected chi connectivity index (χ3v) is 5.37. The van der Waals surface area contributed by atoms with Gasteiger partial charge in [-0.15, -0.1) is 0 Å². The molecule has 1 aliphatic rings. The average molecular weight is 403 g/mol. The van der Waals surface area contributed by atoms with E-state index in [0.717, 1.165) is 48.3 Å². The standard InChI is InChI=1S/C20H29N5O4/c1-14(26)25-8-6-15(7-9-25)29-16-4-5-18-17(12-16)19(22-21-18)13-23(2)10-11-24(3)20(27)28/h4-5,12,15H,6-11,13H2,1-3H3,(H,21,22)(H,27,28). The van der Waals surface area contributed by atoms with Crippen molar-refractivity contribution < 1.29 is 19.4 Å². The number of aromatic nitrogens is 2. The fraction of sp³-hybridized carbons (Fsp3) is 0.550. The molecule has 2 N–H and O–H groups in total. The minimum Gasteiger partial charge on any atom is -0.490 e. The number of likely N-dealkylation sites (N-methyl/N-ethyl adjacent to an activating group) is 2. The van der Waals surface area contributed by atoms with Crippen LogP contribution in [0.5, 0.6) is 5.75 Å². The van der Waals surface area contributed by atoms with Crippen LogP contribution in [0.4, 0.5) is 4.79 Å². The highest BCUT2D eigenvalue weighted by Gasteiger charge is 2.22. The van der Waals surface area contributed by atoms with Crippen molar-refractivity contribution in [1.29, 1.82) is 0 Å². The molecule has 29 heavy (non-hydrogen) atoms. The summed E-state index contributed by atoms with van der Waals surface area (Å²) in [5, 5.41) is 17.4. The van der Waals surface area contributed by atoms with Crippen LogP contribution in [0.15, 0.2) is 18.2 Å². The zero-order valence-electron chi connectivity index (χ0n) is 17.2. The van der Waals surface area contributed by atoms with Gasteiger partial charge in [-0.2, -0.15) is 5.10 Å². The van der Waals surface area contributed by atoms with Crippen LogP contribution in [0.3, 0.4) is 0 Å². The lowest BCUT2D eigenvalue weighted by Crippen LogP contribution is -2.40. The molecular weight excluding hydrogens is 374 g/mol. The normalized spacial score (nSPS) is 15.1. The predicted molar refractivity (Wildman–Crippen MR) is 109 cm³/mol. The second-order valence-electron chi connectivity index (χ2n) is 7.65. The number of likely N-dealkylation sites (tertiary alicyclic amines) is 1. The lowest BCUT2D eigenvalue weighted by molar-refractivity contribution is -0.130. The zero-order chi connectivity index (χ0) is 21.0. The molecule has 3 rings (SSSR count). The monoisotopic (exact) mass is 403 g/mol. The van der Waals surface area contributed by atoms with Gasteiger partial charge in [0.05, 0.1) is 11.2 Å². The van der Waals surface area contributed by atoms with Crippen molar-refractivity contribution in [1.82, 2.24) is 24.9 Å². The van der Waals surface area contributed by atoms with Crippen molar-refractivity contribution in [3.8, 4) is 5.75 Å². The number of H-pyrrole nitrogens is 1. The maximum absolute atomic E-state index is 11.5. The van der Waals surface area contributed by atoms with Gasteiger partial charge < -0.3 is 19.6 Å². The molecule has 0 saturated carbocycles. The summed E-state index contributed by atoms with van der Waals surface area (Å²) >= 11 is 0. The van der Waals surface area contributed by atoms with E-state index >= 15 is 0 Å². The number of rotatable bonds is 7. The van der Waals surface area contributed by atoms with E-state index in [4.69, 9.17) is 9.84 Å². The Kier molecular flexibility index (Phi) is 6.58. The first kappa shape index (κ1) is 20.9. The van der Waals surface area contributed by atoms with E-state index in [1.54, 1.807) is 14.0 Å². The zero-order valence-corrected chi connectivity index (χ0v) is 17.2. The van der Waals surface area contributed by atoms with Crippen LogP contribution in [0, 0.1) is 0 Å². The maximum Gasteiger partial charge on any atom is 0.407 e. The molecule has 1 aromatic carbocycles. The molecule has 9 heteroatoms. The fourth-order valence-electron chi connectivity index (χ4n) is 3.48. The number of carbonyl (C=O) groups excluding carboxylic acids is 1. The number of ether oxygens (including phenoxy) is 1. The van der Waals surface area contributed by atoms with Crippen LogP contribution in [-0.4, -0.2) is 88.4 Å². The first-order valence-corrected chi connectivity index (χ1v) is 9.85. The van der Waals surface area contributed by atoms with Gasteiger partial charge in [0.15, 0.2) is 0 Å². The van der Waals surface area contributed by atoms with Crippen molar-refractivity contribution >= 4 is 22.9 Å². The second-order valence-corrected chi connectivity index (χ2v) is 7.65. The third-order valence-electron chi connectivity index (χ3n) is 5.37. The van der Waals surface area contributed by atoms with E-state index in [9.17, 15) is 9.59 Å². The molecule has 1 aromatic heterocycles. The molecule has 158 valence electrons. The lowest BCUT2D eigenvalue weighted by atomic mass is 10.1. The molecule has 0 radical (unpaired) electrons. The van der Waals surface area contributed by atoms with Crippen molar-refractivity contribution in [2.75, 3.05) is 40.3 Å². The topological polar surface area (TPSA) is 102 Å². The number of carboxylic acid groups (broad SMARTS) is 1. The minimum atomic E-state index is -0.929. The summed E-state index contributed by atoms with van der Waals surface area (Å²) in [5.41, 5.74) is 1.84. The van der Waals surface area contributed by atoms with Gasteiger partial charge >= 0.3 is 6.09 Å². The van der Waals surface area contributed by atoms with Crippen LogP contribution in [-0.2, 0) is 11.3 Å². The molecular formula is C20H29N5O4. The van der Waals surface area contributed by atoms with Gasteiger partial charge in [-0.3, -0.25) is 14.8 Å². The summed E-state index contributed by atoms with van der Waals surface area (Å²) in [6, 6.07) is 5.87. The average Bonchev–Trinajstić information content (AvgIpc) is 3.08. The Balaban J connectivity index is 1.61. The van der Waals surface area contributed by atoms with E-state index in [2.05, 4.69) is 15.1 Å². The Morgan fingerprint density at radius 3 is 2.66 bits per heavy atom. The smallest absolute Gasteiger partial charge is 0.407 e. The molecule has 2 heterocycles. The summed E-state index contributed by atoms with van der Waals surface area (Å²) < 4.78 is 6.16. The third kappa shape index (κ3) is 5.38. The molecule has 1 fully saturated rings. The van der Waals surface area contributed by atoms with Gasteiger partial charge in [0, 0.05) is 64.9 Å². The summed E-state index contributed by atoms with van der Waals surface area (Å²) in [7, 11) is 3.51. The highest BCUT2D eigenvalue weighted by atomic mass is 16.5. The van der Waals surface area contributed by atoms with Crippen molar-refractivity contribution in [3.63, 3.8) is 0 Å². The number of benzene rings is 1. The summed E-state index contributed by atoms with van der Waals surface area (Å²) in [6.07, 6.45) is 0.833. The largest absolute Gasteiger partial charge is 0.490 e. The van der Waals surface area contributed by atoms with Crippen molar-refractivity contribution in [2.45, 2.75) is 32.4 Å². The molecule has 0 spiro atoms. The number of fused-ring (bicyclic) bond motifs is 1. The van der Waals surface area contributed by atoms with Gasteiger partial charge in [-0.05, 0) is 25.2 Å².